The van der Waals surface area contributed by atoms with Crippen molar-refractivity contribution in [1.29, 1.82) is 0 Å². The minimum absolute atomic E-state index is 0.0642. The Morgan fingerprint density at radius 3 is 2.23 bits per heavy atom. The van der Waals surface area contributed by atoms with Gasteiger partial charge in [0.05, 0.1) is 4.90 Å². The van der Waals surface area contributed by atoms with Crippen LogP contribution in [0.3, 0.4) is 0 Å². The predicted molar refractivity (Wildman–Crippen MR) is 123 cm³/mol. The smallest absolute Gasteiger partial charge is 0.240 e. The highest BCUT2D eigenvalue weighted by molar-refractivity contribution is 7.89. The van der Waals surface area contributed by atoms with Gasteiger partial charge in [0.25, 0.3) is 0 Å². The molecular weight excluding hydrogens is 410 g/mol. The van der Waals surface area contributed by atoms with E-state index in [1.807, 2.05) is 12.1 Å². The van der Waals surface area contributed by atoms with Gasteiger partial charge in [0.15, 0.2) is 0 Å². The SMILES string of the molecule is CC1CC(C)CN(Cc2ccc(CNC(=O)CCNS(=O)(=O)c3ccccc3)cc2)C1. The summed E-state index contributed by atoms with van der Waals surface area (Å²) in [5.74, 6) is 1.31. The molecule has 0 radical (unpaired) electrons. The molecule has 2 aromatic rings. The number of amides is 1. The van der Waals surface area contributed by atoms with Crippen LogP contribution in [0.1, 0.15) is 37.8 Å². The van der Waals surface area contributed by atoms with Gasteiger partial charge in [-0.15, -0.1) is 0 Å². The molecule has 0 spiro atoms. The van der Waals surface area contributed by atoms with Crippen molar-refractivity contribution < 1.29 is 13.2 Å². The highest BCUT2D eigenvalue weighted by atomic mass is 32.2. The highest BCUT2D eigenvalue weighted by Crippen LogP contribution is 2.22. The van der Waals surface area contributed by atoms with Gasteiger partial charge >= 0.3 is 0 Å². The average molecular weight is 444 g/mol. The van der Waals surface area contributed by atoms with E-state index in [1.165, 1.54) is 24.1 Å². The maximum absolute atomic E-state index is 12.2. The molecule has 7 heteroatoms. The van der Waals surface area contributed by atoms with E-state index in [9.17, 15) is 13.2 Å². The monoisotopic (exact) mass is 443 g/mol. The van der Waals surface area contributed by atoms with E-state index >= 15 is 0 Å². The third-order valence-electron chi connectivity index (χ3n) is 5.56. The standard InChI is InChI=1S/C24H33N3O3S/c1-19-14-20(2)17-27(16-19)18-22-10-8-21(9-11-22)15-25-24(28)12-13-26-31(29,30)23-6-4-3-5-7-23/h3-11,19-20,26H,12-18H2,1-2H3,(H,25,28). The van der Waals surface area contributed by atoms with E-state index in [0.29, 0.717) is 6.54 Å². The van der Waals surface area contributed by atoms with Crippen LogP contribution in [0.5, 0.6) is 0 Å². The molecule has 0 saturated carbocycles. The molecule has 2 aromatic carbocycles. The molecule has 1 heterocycles. The van der Waals surface area contributed by atoms with E-state index < -0.39 is 10.0 Å². The Bertz CT molecular complexity index is 936. The molecule has 2 atom stereocenters. The van der Waals surface area contributed by atoms with Crippen LogP contribution < -0.4 is 10.0 Å². The van der Waals surface area contributed by atoms with Gasteiger partial charge in [0.2, 0.25) is 15.9 Å². The first-order valence-electron chi connectivity index (χ1n) is 10.9. The van der Waals surface area contributed by atoms with Gasteiger partial charge in [-0.1, -0.05) is 56.3 Å². The van der Waals surface area contributed by atoms with E-state index in [-0.39, 0.29) is 23.8 Å². The summed E-state index contributed by atoms with van der Waals surface area (Å²) in [4.78, 5) is 14.8. The number of likely N-dealkylation sites (tertiary alicyclic amines) is 1. The normalized spacial score (nSPS) is 19.8. The zero-order chi connectivity index (χ0) is 22.3. The summed E-state index contributed by atoms with van der Waals surface area (Å²) in [6, 6.07) is 16.5. The summed E-state index contributed by atoms with van der Waals surface area (Å²) in [5.41, 5.74) is 2.31. The van der Waals surface area contributed by atoms with Crippen molar-refractivity contribution in [3.63, 3.8) is 0 Å². The highest BCUT2D eigenvalue weighted by Gasteiger charge is 2.21. The zero-order valence-electron chi connectivity index (χ0n) is 18.4. The zero-order valence-corrected chi connectivity index (χ0v) is 19.2. The molecule has 1 aliphatic rings. The number of hydrogen-bond donors (Lipinski definition) is 2. The Hall–Kier alpha value is -2.22. The van der Waals surface area contributed by atoms with Crippen molar-refractivity contribution in [2.75, 3.05) is 19.6 Å². The Morgan fingerprint density at radius 1 is 0.968 bits per heavy atom. The Kier molecular flexibility index (Phi) is 8.23. The van der Waals surface area contributed by atoms with Gasteiger partial charge in [-0.05, 0) is 41.5 Å². The van der Waals surface area contributed by atoms with Crippen LogP contribution in [0, 0.1) is 11.8 Å². The summed E-state index contributed by atoms with van der Waals surface area (Å²) >= 11 is 0. The fraction of sp³-hybridized carbons (Fsp3) is 0.458. The number of hydrogen-bond acceptors (Lipinski definition) is 4. The quantitative estimate of drug-likeness (QED) is 0.624. The van der Waals surface area contributed by atoms with Gasteiger partial charge in [-0.25, -0.2) is 13.1 Å². The average Bonchev–Trinajstić information content (AvgIpc) is 2.73. The van der Waals surface area contributed by atoms with Crippen molar-refractivity contribution in [2.45, 2.75) is 44.7 Å². The number of nitrogens with one attached hydrogen (secondary N) is 2. The van der Waals surface area contributed by atoms with E-state index in [4.69, 9.17) is 0 Å². The third kappa shape index (κ3) is 7.45. The number of rotatable bonds is 9. The lowest BCUT2D eigenvalue weighted by atomic mass is 9.91. The molecule has 1 fully saturated rings. The maximum atomic E-state index is 12.2. The molecule has 0 aliphatic carbocycles. The summed E-state index contributed by atoms with van der Waals surface area (Å²) in [5, 5.41) is 2.85. The van der Waals surface area contributed by atoms with E-state index in [0.717, 1.165) is 37.0 Å². The lowest BCUT2D eigenvalue weighted by molar-refractivity contribution is -0.121. The van der Waals surface area contributed by atoms with Gasteiger partial charge in [-0.3, -0.25) is 9.69 Å². The van der Waals surface area contributed by atoms with Crippen LogP contribution in [-0.2, 0) is 27.9 Å². The van der Waals surface area contributed by atoms with Crippen LogP contribution in [0.25, 0.3) is 0 Å². The Morgan fingerprint density at radius 2 is 1.58 bits per heavy atom. The topological polar surface area (TPSA) is 78.5 Å². The van der Waals surface area contributed by atoms with Crippen LogP contribution in [0.2, 0.25) is 0 Å². The number of nitrogens with zero attached hydrogens (tertiary/aromatic N) is 1. The molecule has 2 N–H and O–H groups in total. The molecule has 168 valence electrons. The predicted octanol–water partition coefficient (Wildman–Crippen LogP) is 3.15. The summed E-state index contributed by atoms with van der Waals surface area (Å²) in [6.07, 6.45) is 1.40. The van der Waals surface area contributed by atoms with Crippen molar-refractivity contribution in [1.82, 2.24) is 14.9 Å². The van der Waals surface area contributed by atoms with Crippen LogP contribution in [0.15, 0.2) is 59.5 Å². The molecule has 2 unspecified atom stereocenters. The van der Waals surface area contributed by atoms with Crippen molar-refractivity contribution in [3.8, 4) is 0 Å². The molecule has 1 aliphatic heterocycles. The third-order valence-corrected chi connectivity index (χ3v) is 7.04. The molecule has 0 bridgehead atoms. The number of benzene rings is 2. The molecule has 0 aromatic heterocycles. The van der Waals surface area contributed by atoms with Gasteiger partial charge in [0, 0.05) is 39.1 Å². The van der Waals surface area contributed by atoms with Crippen molar-refractivity contribution in [3.05, 3.63) is 65.7 Å². The van der Waals surface area contributed by atoms with Gasteiger partial charge in [-0.2, -0.15) is 0 Å². The summed E-state index contributed by atoms with van der Waals surface area (Å²) < 4.78 is 26.8. The lowest BCUT2D eigenvalue weighted by Crippen LogP contribution is -2.38. The minimum Gasteiger partial charge on any atom is -0.352 e. The Labute approximate surface area is 186 Å². The van der Waals surface area contributed by atoms with Gasteiger partial charge < -0.3 is 5.32 Å². The lowest BCUT2D eigenvalue weighted by Gasteiger charge is -2.35. The van der Waals surface area contributed by atoms with Crippen molar-refractivity contribution in [2.24, 2.45) is 11.8 Å². The number of carbonyl (C=O) groups is 1. The molecule has 1 saturated heterocycles. The molecule has 6 nitrogen and oxygen atoms in total. The molecular formula is C24H33N3O3S. The molecule has 1 amide bonds. The van der Waals surface area contributed by atoms with E-state index in [1.54, 1.807) is 18.2 Å². The fourth-order valence-electron chi connectivity index (χ4n) is 4.21. The van der Waals surface area contributed by atoms with Crippen LogP contribution >= 0.6 is 0 Å². The van der Waals surface area contributed by atoms with Crippen LogP contribution in [-0.4, -0.2) is 38.9 Å². The van der Waals surface area contributed by atoms with Gasteiger partial charge in [0.1, 0.15) is 0 Å². The van der Waals surface area contributed by atoms with Crippen LogP contribution in [0.4, 0.5) is 0 Å². The fourth-order valence-corrected chi connectivity index (χ4v) is 5.27. The number of piperidine rings is 1. The largest absolute Gasteiger partial charge is 0.352 e. The first kappa shape index (κ1) is 23.4. The van der Waals surface area contributed by atoms with E-state index in [2.05, 4.69) is 40.9 Å². The minimum atomic E-state index is -3.58. The second-order valence-electron chi connectivity index (χ2n) is 8.69. The molecule has 31 heavy (non-hydrogen) atoms. The number of carbonyl (C=O) groups excluding carboxylic acids is 1. The first-order valence-corrected chi connectivity index (χ1v) is 12.4. The molecule has 3 rings (SSSR count). The second kappa shape index (κ2) is 10.9. The first-order chi connectivity index (χ1) is 14.8. The number of sulfonamides is 1. The van der Waals surface area contributed by atoms with Crippen molar-refractivity contribution >= 4 is 15.9 Å². The summed E-state index contributed by atoms with van der Waals surface area (Å²) in [6.45, 7) is 8.40. The summed E-state index contributed by atoms with van der Waals surface area (Å²) in [7, 11) is -3.58. The maximum Gasteiger partial charge on any atom is 0.240 e. The second-order valence-corrected chi connectivity index (χ2v) is 10.5. The Balaban J connectivity index is 1.39.